The summed E-state index contributed by atoms with van der Waals surface area (Å²) in [5, 5.41) is 0. The van der Waals surface area contributed by atoms with Gasteiger partial charge in [-0.05, 0) is 29.4 Å². The molecule has 1 heterocycles. The van der Waals surface area contributed by atoms with Crippen LogP contribution < -0.4 is 0 Å². The van der Waals surface area contributed by atoms with Crippen molar-refractivity contribution in [2.75, 3.05) is 6.54 Å². The van der Waals surface area contributed by atoms with E-state index in [1.165, 1.54) is 17.7 Å². The van der Waals surface area contributed by atoms with Crippen molar-refractivity contribution >= 4 is 0 Å². The second kappa shape index (κ2) is 4.70. The number of piperidine rings is 1. The lowest BCUT2D eigenvalue weighted by Crippen LogP contribution is -2.34. The van der Waals surface area contributed by atoms with Crippen LogP contribution in [0.1, 0.15) is 37.8 Å². The zero-order valence-electron chi connectivity index (χ0n) is 13.8. The van der Waals surface area contributed by atoms with Gasteiger partial charge in [0.2, 0.25) is 0 Å². The lowest BCUT2D eigenvalue weighted by Gasteiger charge is -2.28. The van der Waals surface area contributed by atoms with Crippen LogP contribution in [-0.2, 0) is 6.54 Å². The molecule has 1 saturated carbocycles. The Morgan fingerprint density at radius 1 is 0.955 bits per heavy atom. The molecule has 2 aliphatic rings. The van der Waals surface area contributed by atoms with E-state index in [-0.39, 0.29) is 0 Å². The molecule has 4 rings (SSSR count). The van der Waals surface area contributed by atoms with Crippen molar-refractivity contribution in [3.8, 4) is 0 Å². The maximum absolute atomic E-state index is 2.73. The number of nitrogens with zero attached hydrogens (tertiary/aromatic N) is 1. The minimum atomic E-state index is 0.337. The van der Waals surface area contributed by atoms with Gasteiger partial charge in [-0.3, -0.25) is 4.90 Å². The fourth-order valence-corrected chi connectivity index (χ4v) is 5.11. The second-order valence-corrected chi connectivity index (χ2v) is 7.48. The fraction of sp³-hybridized carbons (Fsp3) is 0.429. The average molecular weight is 291 g/mol. The Bertz CT molecular complexity index is 665. The molecule has 2 fully saturated rings. The van der Waals surface area contributed by atoms with Crippen LogP contribution in [0.25, 0.3) is 0 Å². The summed E-state index contributed by atoms with van der Waals surface area (Å²) in [7, 11) is 0. The predicted octanol–water partition coefficient (Wildman–Crippen LogP) is 4.70. The van der Waals surface area contributed by atoms with Gasteiger partial charge in [-0.25, -0.2) is 0 Å². The monoisotopic (exact) mass is 291 g/mol. The summed E-state index contributed by atoms with van der Waals surface area (Å²) in [6.45, 7) is 9.66. The number of fused-ring (bicyclic) bond motifs is 1. The van der Waals surface area contributed by atoms with Gasteiger partial charge in [-0.15, -0.1) is 0 Å². The molecule has 0 radical (unpaired) electrons. The Balaban J connectivity index is 1.66. The average Bonchev–Trinajstić information content (AvgIpc) is 2.88. The molecule has 2 unspecified atom stereocenters. The van der Waals surface area contributed by atoms with E-state index < -0.39 is 0 Å². The quantitative estimate of drug-likeness (QED) is 0.792. The van der Waals surface area contributed by atoms with E-state index in [1.54, 1.807) is 0 Å². The van der Waals surface area contributed by atoms with Crippen LogP contribution in [0.15, 0.2) is 60.7 Å². The van der Waals surface area contributed by atoms with Gasteiger partial charge in [0.05, 0.1) is 0 Å². The van der Waals surface area contributed by atoms with Gasteiger partial charge in [0.15, 0.2) is 0 Å². The molecule has 4 atom stereocenters. The van der Waals surface area contributed by atoms with Crippen LogP contribution >= 0.6 is 0 Å². The molecule has 2 aromatic rings. The first-order chi connectivity index (χ1) is 10.6. The van der Waals surface area contributed by atoms with Crippen molar-refractivity contribution in [1.82, 2.24) is 4.90 Å². The van der Waals surface area contributed by atoms with Gasteiger partial charge < -0.3 is 0 Å². The van der Waals surface area contributed by atoms with E-state index in [4.69, 9.17) is 0 Å². The van der Waals surface area contributed by atoms with E-state index >= 15 is 0 Å². The first kappa shape index (κ1) is 14.0. The molecule has 1 heteroatoms. The van der Waals surface area contributed by atoms with E-state index in [0.29, 0.717) is 16.9 Å². The summed E-state index contributed by atoms with van der Waals surface area (Å²) >= 11 is 0. The zero-order chi connectivity index (χ0) is 15.4. The topological polar surface area (TPSA) is 3.24 Å². The standard InChI is InChI=1S/C21H25N/c1-16-20(2)19(18-12-8-5-9-13-18)15-22(21(16,20)3)14-17-10-6-4-7-11-17/h4-13,16,19H,14-15H2,1-3H3/t16?,19?,20-,21-/m0/s1. The Kier molecular flexibility index (Phi) is 2.99. The fourth-order valence-electron chi connectivity index (χ4n) is 5.11. The normalized spacial score (nSPS) is 37.0. The summed E-state index contributed by atoms with van der Waals surface area (Å²) in [6.07, 6.45) is 0. The molecular weight excluding hydrogens is 266 g/mol. The largest absolute Gasteiger partial charge is 0.292 e. The number of hydrogen-bond acceptors (Lipinski definition) is 1. The molecule has 1 saturated heterocycles. The van der Waals surface area contributed by atoms with Crippen LogP contribution in [-0.4, -0.2) is 17.0 Å². The minimum absolute atomic E-state index is 0.337. The maximum Gasteiger partial charge on any atom is 0.0279 e. The number of benzene rings is 2. The highest BCUT2D eigenvalue weighted by molar-refractivity contribution is 5.39. The molecule has 2 aromatic carbocycles. The van der Waals surface area contributed by atoms with Crippen LogP contribution in [0.3, 0.4) is 0 Å². The molecular formula is C21H25N. The highest BCUT2D eigenvalue weighted by Crippen LogP contribution is 2.75. The van der Waals surface area contributed by atoms with Crippen LogP contribution in [0, 0.1) is 11.3 Å². The summed E-state index contributed by atoms with van der Waals surface area (Å²) in [6, 6.07) is 22.0. The summed E-state index contributed by atoms with van der Waals surface area (Å²) in [4.78, 5) is 2.73. The number of likely N-dealkylation sites (tertiary alicyclic amines) is 1. The van der Waals surface area contributed by atoms with Gasteiger partial charge in [-0.1, -0.05) is 74.5 Å². The summed E-state index contributed by atoms with van der Waals surface area (Å²) in [5.74, 6) is 1.40. The number of rotatable bonds is 3. The molecule has 1 aliphatic heterocycles. The minimum Gasteiger partial charge on any atom is -0.292 e. The van der Waals surface area contributed by atoms with E-state index in [2.05, 4.69) is 86.3 Å². The van der Waals surface area contributed by atoms with Gasteiger partial charge in [0, 0.05) is 24.5 Å². The van der Waals surface area contributed by atoms with Crippen molar-refractivity contribution in [1.29, 1.82) is 0 Å². The third kappa shape index (κ3) is 1.69. The summed E-state index contributed by atoms with van der Waals surface area (Å²) in [5.41, 5.74) is 3.68. The van der Waals surface area contributed by atoms with Crippen LogP contribution in [0.5, 0.6) is 0 Å². The Morgan fingerprint density at radius 2 is 1.55 bits per heavy atom. The lowest BCUT2D eigenvalue weighted by molar-refractivity contribution is 0.194. The van der Waals surface area contributed by atoms with Gasteiger partial charge in [0.25, 0.3) is 0 Å². The van der Waals surface area contributed by atoms with E-state index in [9.17, 15) is 0 Å². The third-order valence-electron chi connectivity index (χ3n) is 6.95. The highest BCUT2D eigenvalue weighted by Gasteiger charge is 2.77. The first-order valence-corrected chi connectivity index (χ1v) is 8.42. The summed E-state index contributed by atoms with van der Waals surface area (Å²) < 4.78 is 0. The Labute approximate surface area is 134 Å². The third-order valence-corrected chi connectivity index (χ3v) is 6.95. The molecule has 0 spiro atoms. The molecule has 22 heavy (non-hydrogen) atoms. The van der Waals surface area contributed by atoms with E-state index in [1.807, 2.05) is 0 Å². The molecule has 0 N–H and O–H groups in total. The second-order valence-electron chi connectivity index (χ2n) is 7.48. The first-order valence-electron chi connectivity index (χ1n) is 8.42. The van der Waals surface area contributed by atoms with E-state index in [0.717, 1.165) is 12.5 Å². The Morgan fingerprint density at radius 3 is 2.18 bits per heavy atom. The maximum atomic E-state index is 2.73. The van der Waals surface area contributed by atoms with Gasteiger partial charge in [-0.2, -0.15) is 0 Å². The van der Waals surface area contributed by atoms with Crippen molar-refractivity contribution in [2.45, 2.75) is 38.8 Å². The molecule has 0 amide bonds. The molecule has 0 aromatic heterocycles. The van der Waals surface area contributed by atoms with Crippen molar-refractivity contribution < 1.29 is 0 Å². The Hall–Kier alpha value is -1.60. The van der Waals surface area contributed by atoms with Gasteiger partial charge >= 0.3 is 0 Å². The van der Waals surface area contributed by atoms with Crippen LogP contribution in [0.2, 0.25) is 0 Å². The smallest absolute Gasteiger partial charge is 0.0279 e. The van der Waals surface area contributed by atoms with Crippen molar-refractivity contribution in [3.05, 3.63) is 71.8 Å². The zero-order valence-corrected chi connectivity index (χ0v) is 13.8. The van der Waals surface area contributed by atoms with Gasteiger partial charge in [0.1, 0.15) is 0 Å². The predicted molar refractivity (Wildman–Crippen MR) is 91.7 cm³/mol. The molecule has 1 nitrogen and oxygen atoms in total. The van der Waals surface area contributed by atoms with Crippen molar-refractivity contribution in [3.63, 3.8) is 0 Å². The molecule has 0 bridgehead atoms. The lowest BCUT2D eigenvalue weighted by atomic mass is 9.83. The highest BCUT2D eigenvalue weighted by atomic mass is 15.3. The molecule has 114 valence electrons. The van der Waals surface area contributed by atoms with Crippen LogP contribution in [0.4, 0.5) is 0 Å². The molecule has 1 aliphatic carbocycles. The SMILES string of the molecule is CC1[C@@]2(C)C(c3ccccc3)CN(Cc3ccccc3)[C@@]12C. The number of hydrogen-bond donors (Lipinski definition) is 0. The van der Waals surface area contributed by atoms with Crippen molar-refractivity contribution in [2.24, 2.45) is 11.3 Å².